The highest BCUT2D eigenvalue weighted by atomic mass is 19.1. The van der Waals surface area contributed by atoms with Crippen LogP contribution in [-0.4, -0.2) is 24.1 Å². The van der Waals surface area contributed by atoms with Crippen LogP contribution >= 0.6 is 0 Å². The highest BCUT2D eigenvalue weighted by molar-refractivity contribution is 5.40. The maximum absolute atomic E-state index is 13.9. The molecule has 1 aromatic heterocycles. The largest absolute Gasteiger partial charge is 0.436 e. The van der Waals surface area contributed by atoms with Crippen molar-refractivity contribution < 1.29 is 13.9 Å². The number of benzene rings is 1. The van der Waals surface area contributed by atoms with Crippen LogP contribution in [0.4, 0.5) is 10.2 Å². The van der Waals surface area contributed by atoms with E-state index in [2.05, 4.69) is 15.3 Å². The number of aromatic nitrogens is 2. The molecule has 0 saturated heterocycles. The van der Waals surface area contributed by atoms with Crippen LogP contribution in [0.25, 0.3) is 0 Å². The van der Waals surface area contributed by atoms with E-state index in [0.29, 0.717) is 17.2 Å². The molecule has 1 N–H and O–H groups in total. The Morgan fingerprint density at radius 1 is 1.30 bits per heavy atom. The van der Waals surface area contributed by atoms with Gasteiger partial charge in [-0.3, -0.25) is 0 Å². The van der Waals surface area contributed by atoms with Crippen molar-refractivity contribution in [3.05, 3.63) is 41.5 Å². The molecule has 1 heterocycles. The number of hydrogen-bond acceptors (Lipinski definition) is 5. The lowest BCUT2D eigenvalue weighted by atomic mass is 10.2. The van der Waals surface area contributed by atoms with Crippen molar-refractivity contribution in [2.24, 2.45) is 0 Å². The van der Waals surface area contributed by atoms with Gasteiger partial charge in [0.2, 0.25) is 5.88 Å². The van der Waals surface area contributed by atoms with Crippen molar-refractivity contribution in [3.8, 4) is 11.6 Å². The normalized spacial score (nSPS) is 10.4. The van der Waals surface area contributed by atoms with Gasteiger partial charge >= 0.3 is 0 Å². The van der Waals surface area contributed by atoms with Gasteiger partial charge in [-0.15, -0.1) is 0 Å². The first-order valence-electron chi connectivity index (χ1n) is 6.11. The van der Waals surface area contributed by atoms with Crippen molar-refractivity contribution in [1.29, 1.82) is 0 Å². The first-order chi connectivity index (χ1) is 9.63. The van der Waals surface area contributed by atoms with Gasteiger partial charge < -0.3 is 14.8 Å². The third-order valence-corrected chi connectivity index (χ3v) is 2.65. The van der Waals surface area contributed by atoms with Gasteiger partial charge in [0.1, 0.15) is 12.4 Å². The Bertz CT molecular complexity index is 605. The molecule has 0 atom stereocenters. The van der Waals surface area contributed by atoms with Crippen molar-refractivity contribution in [2.75, 3.05) is 19.5 Å². The van der Waals surface area contributed by atoms with Crippen molar-refractivity contribution >= 4 is 5.82 Å². The van der Waals surface area contributed by atoms with Gasteiger partial charge in [0.05, 0.1) is 0 Å². The summed E-state index contributed by atoms with van der Waals surface area (Å²) in [5, 5.41) is 2.90. The molecule has 5 nitrogen and oxygen atoms in total. The molecule has 0 radical (unpaired) electrons. The molecule has 0 bridgehead atoms. The smallest absolute Gasteiger partial charge is 0.224 e. The van der Waals surface area contributed by atoms with Crippen LogP contribution in [0.2, 0.25) is 0 Å². The number of hydrogen-bond donors (Lipinski definition) is 1. The van der Waals surface area contributed by atoms with Crippen LogP contribution < -0.4 is 10.1 Å². The van der Waals surface area contributed by atoms with Gasteiger partial charge in [0, 0.05) is 20.2 Å². The summed E-state index contributed by atoms with van der Waals surface area (Å²) in [6.45, 7) is 1.93. The zero-order valence-electron chi connectivity index (χ0n) is 11.6. The standard InChI is InChI=1S/C14H16FN3O2/c1-9-5-4-6-10(14(9)15)20-13-7-11(16-2)17-12(18-13)8-19-3/h4-7H,8H2,1-3H3,(H,16,17,18). The van der Waals surface area contributed by atoms with Gasteiger partial charge in [-0.2, -0.15) is 4.98 Å². The van der Waals surface area contributed by atoms with Gasteiger partial charge in [0.15, 0.2) is 17.4 Å². The topological polar surface area (TPSA) is 56.3 Å². The molecule has 2 aromatic rings. The molecule has 0 aliphatic carbocycles. The molecular formula is C14H16FN3O2. The summed E-state index contributed by atoms with van der Waals surface area (Å²) >= 11 is 0. The Balaban J connectivity index is 2.32. The summed E-state index contributed by atoms with van der Waals surface area (Å²) in [5.41, 5.74) is 0.516. The van der Waals surface area contributed by atoms with Gasteiger partial charge in [0.25, 0.3) is 0 Å². The Morgan fingerprint density at radius 2 is 2.10 bits per heavy atom. The number of methoxy groups -OCH3 is 1. The van der Waals surface area contributed by atoms with Crippen LogP contribution in [0.3, 0.4) is 0 Å². The molecule has 2 rings (SSSR count). The van der Waals surface area contributed by atoms with Crippen molar-refractivity contribution in [1.82, 2.24) is 9.97 Å². The predicted octanol–water partition coefficient (Wildman–Crippen LogP) is 2.90. The van der Waals surface area contributed by atoms with Gasteiger partial charge in [-0.05, 0) is 18.6 Å². The van der Waals surface area contributed by atoms with Gasteiger partial charge in [-0.1, -0.05) is 12.1 Å². The van der Waals surface area contributed by atoms with E-state index < -0.39 is 5.82 Å². The van der Waals surface area contributed by atoms with Crippen LogP contribution in [0.1, 0.15) is 11.4 Å². The summed E-state index contributed by atoms with van der Waals surface area (Å²) in [4.78, 5) is 8.37. The molecule has 0 amide bonds. The van der Waals surface area contributed by atoms with Crippen LogP contribution in [-0.2, 0) is 11.3 Å². The van der Waals surface area contributed by atoms with E-state index in [9.17, 15) is 4.39 Å². The average Bonchev–Trinajstić information content (AvgIpc) is 2.44. The minimum absolute atomic E-state index is 0.133. The van der Waals surface area contributed by atoms with E-state index in [1.807, 2.05) is 0 Å². The SMILES string of the molecule is CNc1cc(Oc2cccc(C)c2F)nc(COC)n1. The fraction of sp³-hybridized carbons (Fsp3) is 0.286. The van der Waals surface area contributed by atoms with E-state index in [1.54, 1.807) is 45.3 Å². The van der Waals surface area contributed by atoms with Crippen LogP contribution in [0.15, 0.2) is 24.3 Å². The molecule has 0 aliphatic rings. The van der Waals surface area contributed by atoms with Crippen molar-refractivity contribution in [2.45, 2.75) is 13.5 Å². The highest BCUT2D eigenvalue weighted by Gasteiger charge is 2.10. The number of halogens is 1. The maximum atomic E-state index is 13.9. The molecular weight excluding hydrogens is 261 g/mol. The molecule has 106 valence electrons. The summed E-state index contributed by atoms with van der Waals surface area (Å²) in [6.07, 6.45) is 0. The molecule has 0 saturated carbocycles. The molecule has 0 spiro atoms. The van der Waals surface area contributed by atoms with Crippen LogP contribution in [0.5, 0.6) is 11.6 Å². The average molecular weight is 277 g/mol. The van der Waals surface area contributed by atoms with Gasteiger partial charge in [-0.25, -0.2) is 9.37 Å². The van der Waals surface area contributed by atoms with E-state index in [4.69, 9.17) is 9.47 Å². The maximum Gasteiger partial charge on any atom is 0.224 e. The van der Waals surface area contributed by atoms with Crippen LogP contribution in [0, 0.1) is 12.7 Å². The lowest BCUT2D eigenvalue weighted by molar-refractivity contribution is 0.177. The molecule has 0 fully saturated rings. The van der Waals surface area contributed by atoms with E-state index in [1.165, 1.54) is 0 Å². The molecule has 6 heteroatoms. The zero-order valence-corrected chi connectivity index (χ0v) is 11.6. The van der Waals surface area contributed by atoms with E-state index >= 15 is 0 Å². The minimum Gasteiger partial charge on any atom is -0.436 e. The van der Waals surface area contributed by atoms with E-state index in [0.717, 1.165) is 0 Å². The fourth-order valence-electron chi connectivity index (χ4n) is 1.66. The zero-order chi connectivity index (χ0) is 14.5. The molecule has 0 aliphatic heterocycles. The number of ether oxygens (including phenoxy) is 2. The van der Waals surface area contributed by atoms with Crippen molar-refractivity contribution in [3.63, 3.8) is 0 Å². The number of rotatable bonds is 5. The number of aryl methyl sites for hydroxylation is 1. The Kier molecular flexibility index (Phi) is 4.47. The second kappa shape index (κ2) is 6.29. The third kappa shape index (κ3) is 3.21. The lowest BCUT2D eigenvalue weighted by Gasteiger charge is -2.10. The third-order valence-electron chi connectivity index (χ3n) is 2.65. The molecule has 20 heavy (non-hydrogen) atoms. The lowest BCUT2D eigenvalue weighted by Crippen LogP contribution is -2.03. The molecule has 1 aromatic carbocycles. The highest BCUT2D eigenvalue weighted by Crippen LogP contribution is 2.26. The summed E-state index contributed by atoms with van der Waals surface area (Å²) < 4.78 is 24.4. The van der Waals surface area contributed by atoms with E-state index in [-0.39, 0.29) is 18.2 Å². The Labute approximate surface area is 116 Å². The Hall–Kier alpha value is -2.21. The first kappa shape index (κ1) is 14.2. The second-order valence-electron chi connectivity index (χ2n) is 4.18. The minimum atomic E-state index is -0.398. The number of nitrogens with one attached hydrogen (secondary N) is 1. The Morgan fingerprint density at radius 3 is 2.80 bits per heavy atom. The first-order valence-corrected chi connectivity index (χ1v) is 6.11. The summed E-state index contributed by atoms with van der Waals surface area (Å²) in [7, 11) is 3.28. The summed E-state index contributed by atoms with van der Waals surface area (Å²) in [6, 6.07) is 6.56. The quantitative estimate of drug-likeness (QED) is 0.910. The summed E-state index contributed by atoms with van der Waals surface area (Å²) in [5.74, 6) is 1.04. The fourth-order valence-corrected chi connectivity index (χ4v) is 1.66. The molecule has 0 unspecified atom stereocenters. The predicted molar refractivity (Wildman–Crippen MR) is 73.5 cm³/mol. The second-order valence-corrected chi connectivity index (χ2v) is 4.18. The number of anilines is 1. The number of nitrogens with zero attached hydrogens (tertiary/aromatic N) is 2. The monoisotopic (exact) mass is 277 g/mol.